The van der Waals surface area contributed by atoms with Gasteiger partial charge in [0.15, 0.2) is 5.82 Å². The van der Waals surface area contributed by atoms with Gasteiger partial charge < -0.3 is 5.32 Å². The minimum atomic E-state index is -0.364. The molecule has 0 aliphatic carbocycles. The lowest BCUT2D eigenvalue weighted by atomic mass is 10.2. The highest BCUT2D eigenvalue weighted by atomic mass is 35.5. The molecule has 0 aliphatic heterocycles. The van der Waals surface area contributed by atoms with Gasteiger partial charge >= 0.3 is 0 Å². The number of anilines is 1. The van der Waals surface area contributed by atoms with E-state index in [0.717, 1.165) is 11.7 Å². The van der Waals surface area contributed by atoms with Crippen molar-refractivity contribution < 1.29 is 4.39 Å². The van der Waals surface area contributed by atoms with Gasteiger partial charge in [0.05, 0.1) is 5.02 Å². The zero-order chi connectivity index (χ0) is 13.1. The van der Waals surface area contributed by atoms with Gasteiger partial charge in [0.1, 0.15) is 5.82 Å². The molecule has 2 aromatic rings. The first-order chi connectivity index (χ1) is 8.56. The molecule has 0 bridgehead atoms. The summed E-state index contributed by atoms with van der Waals surface area (Å²) in [4.78, 5) is 4.33. The summed E-state index contributed by atoms with van der Waals surface area (Å²) < 4.78 is 17.2. The van der Waals surface area contributed by atoms with Gasteiger partial charge in [0, 0.05) is 23.6 Å². The number of hydrogen-bond donors (Lipinski definition) is 1. The Hall–Kier alpha value is -1.20. The fourth-order valence-electron chi connectivity index (χ4n) is 1.37. The molecule has 1 N–H and O–H groups in total. The molecule has 0 radical (unpaired) electrons. The molecule has 0 unspecified atom stereocenters. The third-order valence-corrected chi connectivity index (χ3v) is 3.25. The number of hydrogen-bond acceptors (Lipinski definition) is 4. The highest BCUT2D eigenvalue weighted by molar-refractivity contribution is 7.09. The van der Waals surface area contributed by atoms with Crippen molar-refractivity contribution in [3.63, 3.8) is 0 Å². The first-order valence-corrected chi connectivity index (χ1v) is 6.74. The van der Waals surface area contributed by atoms with E-state index in [0.29, 0.717) is 22.3 Å². The molecular weight excluding hydrogens is 273 g/mol. The van der Waals surface area contributed by atoms with Crippen molar-refractivity contribution in [3.8, 4) is 11.4 Å². The second-order valence-corrected chi connectivity index (χ2v) is 5.48. The van der Waals surface area contributed by atoms with Crippen LogP contribution in [0.2, 0.25) is 5.02 Å². The summed E-state index contributed by atoms with van der Waals surface area (Å²) in [7, 11) is 0. The molecule has 1 aromatic heterocycles. The molecule has 0 atom stereocenters. The van der Waals surface area contributed by atoms with E-state index >= 15 is 0 Å². The Balaban J connectivity index is 2.18. The fourth-order valence-corrected chi connectivity index (χ4v) is 2.21. The van der Waals surface area contributed by atoms with Gasteiger partial charge in [-0.05, 0) is 24.1 Å². The Bertz CT molecular complexity index is 542. The van der Waals surface area contributed by atoms with Crippen molar-refractivity contribution in [2.24, 2.45) is 5.92 Å². The average molecular weight is 286 g/mol. The van der Waals surface area contributed by atoms with E-state index in [-0.39, 0.29) is 5.82 Å². The van der Waals surface area contributed by atoms with Crippen molar-refractivity contribution in [2.75, 3.05) is 11.9 Å². The van der Waals surface area contributed by atoms with E-state index in [1.165, 1.54) is 23.7 Å². The Morgan fingerprint density at radius 3 is 2.89 bits per heavy atom. The maximum absolute atomic E-state index is 12.9. The van der Waals surface area contributed by atoms with Crippen LogP contribution in [0.4, 0.5) is 9.52 Å². The Morgan fingerprint density at radius 1 is 1.44 bits per heavy atom. The second kappa shape index (κ2) is 5.63. The largest absolute Gasteiger partial charge is 0.360 e. The highest BCUT2D eigenvalue weighted by Crippen LogP contribution is 2.28. The van der Waals surface area contributed by atoms with Crippen molar-refractivity contribution in [2.45, 2.75) is 13.8 Å². The van der Waals surface area contributed by atoms with Crippen LogP contribution in [-0.2, 0) is 0 Å². The molecule has 6 heteroatoms. The molecule has 0 saturated heterocycles. The summed E-state index contributed by atoms with van der Waals surface area (Å²) in [6.07, 6.45) is 0. The third-order valence-electron chi connectivity index (χ3n) is 2.26. The van der Waals surface area contributed by atoms with Gasteiger partial charge in [-0.3, -0.25) is 0 Å². The lowest BCUT2D eigenvalue weighted by Gasteiger charge is -2.03. The number of nitrogens with one attached hydrogen (secondary N) is 1. The molecule has 18 heavy (non-hydrogen) atoms. The molecule has 0 aliphatic rings. The molecular formula is C12H13ClFN3S. The highest BCUT2D eigenvalue weighted by Gasteiger charge is 2.10. The molecule has 96 valence electrons. The smallest absolute Gasteiger partial charge is 0.202 e. The minimum absolute atomic E-state index is 0.322. The van der Waals surface area contributed by atoms with E-state index in [1.807, 2.05) is 0 Å². The average Bonchev–Trinajstić information content (AvgIpc) is 2.75. The molecule has 1 heterocycles. The zero-order valence-corrected chi connectivity index (χ0v) is 11.6. The van der Waals surface area contributed by atoms with Crippen LogP contribution in [-0.4, -0.2) is 15.9 Å². The minimum Gasteiger partial charge on any atom is -0.360 e. The lowest BCUT2D eigenvalue weighted by molar-refractivity contribution is 0.628. The van der Waals surface area contributed by atoms with E-state index in [4.69, 9.17) is 11.6 Å². The monoisotopic (exact) mass is 285 g/mol. The van der Waals surface area contributed by atoms with Gasteiger partial charge in [0.25, 0.3) is 0 Å². The normalized spacial score (nSPS) is 10.9. The van der Waals surface area contributed by atoms with Crippen molar-refractivity contribution in [1.82, 2.24) is 9.36 Å². The number of nitrogens with zero attached hydrogens (tertiary/aromatic N) is 2. The topological polar surface area (TPSA) is 37.8 Å². The SMILES string of the molecule is CC(C)CNc1nc(-c2ccc(F)cc2Cl)ns1. The first-order valence-electron chi connectivity index (χ1n) is 5.59. The molecule has 0 spiro atoms. The summed E-state index contributed by atoms with van der Waals surface area (Å²) in [5.74, 6) is 0.695. The zero-order valence-electron chi connectivity index (χ0n) is 10.1. The summed E-state index contributed by atoms with van der Waals surface area (Å²) in [6.45, 7) is 5.07. The van der Waals surface area contributed by atoms with Crippen LogP contribution in [0.5, 0.6) is 0 Å². The summed E-state index contributed by atoms with van der Waals surface area (Å²) in [6, 6.07) is 4.20. The van der Waals surface area contributed by atoms with Crippen LogP contribution in [0.25, 0.3) is 11.4 Å². The molecule has 2 rings (SSSR count). The second-order valence-electron chi connectivity index (χ2n) is 4.32. The number of aromatic nitrogens is 2. The summed E-state index contributed by atoms with van der Waals surface area (Å²) in [5.41, 5.74) is 0.645. The predicted octanol–water partition coefficient (Wildman–Crippen LogP) is 4.07. The number of halogens is 2. The van der Waals surface area contributed by atoms with E-state index in [2.05, 4.69) is 28.5 Å². The van der Waals surface area contributed by atoms with Crippen molar-refractivity contribution in [1.29, 1.82) is 0 Å². The molecule has 0 saturated carbocycles. The van der Waals surface area contributed by atoms with Crippen LogP contribution >= 0.6 is 23.1 Å². The maximum atomic E-state index is 12.9. The van der Waals surface area contributed by atoms with Crippen LogP contribution in [0.15, 0.2) is 18.2 Å². The van der Waals surface area contributed by atoms with Crippen LogP contribution in [0.3, 0.4) is 0 Å². The molecule has 3 nitrogen and oxygen atoms in total. The van der Waals surface area contributed by atoms with Gasteiger partial charge in [0.2, 0.25) is 5.13 Å². The lowest BCUT2D eigenvalue weighted by Crippen LogP contribution is -2.07. The third kappa shape index (κ3) is 3.17. The Kier molecular flexibility index (Phi) is 4.14. The van der Waals surface area contributed by atoms with E-state index in [1.54, 1.807) is 6.07 Å². The molecule has 0 fully saturated rings. The van der Waals surface area contributed by atoms with Gasteiger partial charge in [-0.2, -0.15) is 9.36 Å². The van der Waals surface area contributed by atoms with Gasteiger partial charge in [-0.25, -0.2) is 4.39 Å². The van der Waals surface area contributed by atoms with Gasteiger partial charge in [-0.15, -0.1) is 0 Å². The van der Waals surface area contributed by atoms with E-state index in [9.17, 15) is 4.39 Å². The Morgan fingerprint density at radius 2 is 2.22 bits per heavy atom. The van der Waals surface area contributed by atoms with Crippen LogP contribution in [0.1, 0.15) is 13.8 Å². The van der Waals surface area contributed by atoms with E-state index < -0.39 is 0 Å². The standard InChI is InChI=1S/C12H13ClFN3S/c1-7(2)6-15-12-16-11(17-18-12)9-4-3-8(14)5-10(9)13/h3-5,7H,6H2,1-2H3,(H,15,16,17). The van der Waals surface area contributed by atoms with Crippen molar-refractivity contribution >= 4 is 28.3 Å². The molecule has 1 aromatic carbocycles. The van der Waals surface area contributed by atoms with Gasteiger partial charge in [-0.1, -0.05) is 25.4 Å². The van der Waals surface area contributed by atoms with Crippen molar-refractivity contribution in [3.05, 3.63) is 29.0 Å². The summed E-state index contributed by atoms with van der Waals surface area (Å²) >= 11 is 7.24. The number of benzene rings is 1. The molecule has 0 amide bonds. The fraction of sp³-hybridized carbons (Fsp3) is 0.333. The van der Waals surface area contributed by atoms with Crippen LogP contribution < -0.4 is 5.32 Å². The number of rotatable bonds is 4. The quantitative estimate of drug-likeness (QED) is 0.920. The first kappa shape index (κ1) is 13.2. The predicted molar refractivity (Wildman–Crippen MR) is 73.6 cm³/mol. The maximum Gasteiger partial charge on any atom is 0.202 e. The summed E-state index contributed by atoms with van der Waals surface area (Å²) in [5, 5.41) is 4.26. The van der Waals surface area contributed by atoms with Crippen LogP contribution in [0, 0.1) is 11.7 Å². The Labute approximate surface area is 114 Å².